The molecule has 1 rings (SSSR count). The van der Waals surface area contributed by atoms with Crippen molar-refractivity contribution in [2.75, 3.05) is 39.1 Å². The van der Waals surface area contributed by atoms with Gasteiger partial charge in [-0.2, -0.15) is 0 Å². The molecule has 1 aromatic carbocycles. The molecular formula is C16H28IN3O2S. The van der Waals surface area contributed by atoms with Gasteiger partial charge in [0.2, 0.25) is 0 Å². The topological polar surface area (TPSA) is 62.7 Å². The standard InChI is InChI=1S/C16H27N3O2S.HI/c1-3-21-12-7-10-18-16(17-2)19-11-13-22(20)14-15-8-5-4-6-9-15;/h4-6,8-9H,3,7,10-14H2,1-2H3,(H2,17,18,19);1H. The molecule has 0 aromatic heterocycles. The van der Waals surface area contributed by atoms with Gasteiger partial charge in [-0.15, -0.1) is 24.0 Å². The number of hydrogen-bond donors (Lipinski definition) is 2. The molecule has 0 saturated carbocycles. The highest BCUT2D eigenvalue weighted by atomic mass is 127. The number of benzene rings is 1. The van der Waals surface area contributed by atoms with E-state index in [0.29, 0.717) is 18.1 Å². The third-order valence-electron chi connectivity index (χ3n) is 2.98. The Hall–Kier alpha value is -0.670. The van der Waals surface area contributed by atoms with Crippen molar-refractivity contribution in [1.82, 2.24) is 10.6 Å². The molecule has 7 heteroatoms. The molecule has 1 atom stereocenters. The molecule has 1 aromatic rings. The van der Waals surface area contributed by atoms with Crippen molar-refractivity contribution in [3.05, 3.63) is 35.9 Å². The molecule has 0 fully saturated rings. The molecule has 0 radical (unpaired) electrons. The zero-order chi connectivity index (χ0) is 16.0. The summed E-state index contributed by atoms with van der Waals surface area (Å²) in [5, 5.41) is 6.39. The van der Waals surface area contributed by atoms with Crippen LogP contribution < -0.4 is 10.6 Å². The number of rotatable bonds is 10. The van der Waals surface area contributed by atoms with Gasteiger partial charge in [0.25, 0.3) is 0 Å². The molecule has 0 bridgehead atoms. The Balaban J connectivity index is 0.00000484. The van der Waals surface area contributed by atoms with Crippen LogP contribution in [0.1, 0.15) is 18.9 Å². The van der Waals surface area contributed by atoms with E-state index < -0.39 is 10.8 Å². The highest BCUT2D eigenvalue weighted by Gasteiger charge is 2.02. The van der Waals surface area contributed by atoms with Crippen LogP contribution in [0, 0.1) is 0 Å². The van der Waals surface area contributed by atoms with Crippen LogP contribution in [0.25, 0.3) is 0 Å². The van der Waals surface area contributed by atoms with Crippen molar-refractivity contribution >= 4 is 40.7 Å². The predicted molar refractivity (Wildman–Crippen MR) is 109 cm³/mol. The normalized spacial score (nSPS) is 12.3. The summed E-state index contributed by atoms with van der Waals surface area (Å²) in [5.74, 6) is 1.95. The van der Waals surface area contributed by atoms with Gasteiger partial charge in [0.05, 0.1) is 0 Å². The second-order valence-corrected chi connectivity index (χ2v) is 6.33. The van der Waals surface area contributed by atoms with Gasteiger partial charge in [0.15, 0.2) is 5.96 Å². The van der Waals surface area contributed by atoms with Gasteiger partial charge in [0.1, 0.15) is 0 Å². The van der Waals surface area contributed by atoms with Gasteiger partial charge >= 0.3 is 0 Å². The van der Waals surface area contributed by atoms with Crippen molar-refractivity contribution in [3.63, 3.8) is 0 Å². The van der Waals surface area contributed by atoms with E-state index in [2.05, 4.69) is 15.6 Å². The summed E-state index contributed by atoms with van der Waals surface area (Å²) in [6.45, 7) is 4.95. The minimum atomic E-state index is -0.865. The first-order chi connectivity index (χ1) is 10.8. The summed E-state index contributed by atoms with van der Waals surface area (Å²) in [6, 6.07) is 9.92. The van der Waals surface area contributed by atoms with Crippen molar-refractivity contribution < 1.29 is 8.95 Å². The van der Waals surface area contributed by atoms with Crippen LogP contribution in [0.4, 0.5) is 0 Å². The molecule has 1 unspecified atom stereocenters. The monoisotopic (exact) mass is 453 g/mol. The zero-order valence-corrected chi connectivity index (χ0v) is 17.1. The Kier molecular flexibility index (Phi) is 14.5. The lowest BCUT2D eigenvalue weighted by Crippen LogP contribution is -2.39. The molecule has 23 heavy (non-hydrogen) atoms. The van der Waals surface area contributed by atoms with E-state index in [1.807, 2.05) is 37.3 Å². The lowest BCUT2D eigenvalue weighted by atomic mass is 10.2. The third kappa shape index (κ3) is 11.5. The average Bonchev–Trinajstić information content (AvgIpc) is 2.54. The van der Waals surface area contributed by atoms with E-state index in [1.54, 1.807) is 7.05 Å². The summed E-state index contributed by atoms with van der Waals surface area (Å²) in [5.41, 5.74) is 1.11. The van der Waals surface area contributed by atoms with Gasteiger partial charge in [-0.05, 0) is 18.9 Å². The van der Waals surface area contributed by atoms with E-state index in [4.69, 9.17) is 4.74 Å². The fourth-order valence-electron chi connectivity index (χ4n) is 1.86. The Bertz CT molecular complexity index is 458. The number of hydrogen-bond acceptors (Lipinski definition) is 3. The van der Waals surface area contributed by atoms with Crippen molar-refractivity contribution in [3.8, 4) is 0 Å². The van der Waals surface area contributed by atoms with Crippen LogP contribution in [-0.2, 0) is 21.3 Å². The first-order valence-corrected chi connectivity index (χ1v) is 9.16. The fourth-order valence-corrected chi connectivity index (χ4v) is 2.90. The van der Waals surface area contributed by atoms with Crippen molar-refractivity contribution in [2.24, 2.45) is 4.99 Å². The number of aliphatic imine (C=N–C) groups is 1. The van der Waals surface area contributed by atoms with Crippen LogP contribution in [0.2, 0.25) is 0 Å². The summed E-state index contributed by atoms with van der Waals surface area (Å²) < 4.78 is 17.3. The molecule has 0 saturated heterocycles. The quantitative estimate of drug-likeness (QED) is 0.247. The molecule has 5 nitrogen and oxygen atoms in total. The molecule has 2 N–H and O–H groups in total. The summed E-state index contributed by atoms with van der Waals surface area (Å²) in [6.07, 6.45) is 0.939. The lowest BCUT2D eigenvalue weighted by molar-refractivity contribution is 0.145. The van der Waals surface area contributed by atoms with Gasteiger partial charge in [0, 0.05) is 55.7 Å². The van der Waals surface area contributed by atoms with E-state index >= 15 is 0 Å². The highest BCUT2D eigenvalue weighted by Crippen LogP contribution is 2.02. The van der Waals surface area contributed by atoms with Crippen LogP contribution in [0.3, 0.4) is 0 Å². The third-order valence-corrected chi connectivity index (χ3v) is 4.29. The largest absolute Gasteiger partial charge is 0.382 e. The SMILES string of the molecule is CCOCCCNC(=NC)NCCS(=O)Cc1ccccc1.I. The Morgan fingerprint density at radius 2 is 1.91 bits per heavy atom. The molecule has 0 aliphatic heterocycles. The zero-order valence-electron chi connectivity index (χ0n) is 13.9. The van der Waals surface area contributed by atoms with Gasteiger partial charge in [-0.1, -0.05) is 30.3 Å². The minimum Gasteiger partial charge on any atom is -0.382 e. The Morgan fingerprint density at radius 1 is 1.22 bits per heavy atom. The summed E-state index contributed by atoms with van der Waals surface area (Å²) in [7, 11) is 0.870. The maximum Gasteiger partial charge on any atom is 0.191 e. The van der Waals surface area contributed by atoms with Gasteiger partial charge < -0.3 is 15.4 Å². The lowest BCUT2D eigenvalue weighted by Gasteiger charge is -2.11. The van der Waals surface area contributed by atoms with Crippen LogP contribution >= 0.6 is 24.0 Å². The number of nitrogens with zero attached hydrogens (tertiary/aromatic N) is 1. The van der Waals surface area contributed by atoms with Gasteiger partial charge in [-0.3, -0.25) is 9.20 Å². The fraction of sp³-hybridized carbons (Fsp3) is 0.562. The molecule has 132 valence electrons. The predicted octanol–water partition coefficient (Wildman–Crippen LogP) is 2.14. The molecule has 0 aliphatic rings. The van der Waals surface area contributed by atoms with Crippen molar-refractivity contribution in [2.45, 2.75) is 19.1 Å². The summed E-state index contributed by atoms with van der Waals surface area (Å²) in [4.78, 5) is 4.14. The van der Waals surface area contributed by atoms with E-state index in [9.17, 15) is 4.21 Å². The smallest absolute Gasteiger partial charge is 0.191 e. The molecular weight excluding hydrogens is 425 g/mol. The second kappa shape index (κ2) is 14.9. The van der Waals surface area contributed by atoms with Crippen LogP contribution in [0.5, 0.6) is 0 Å². The Morgan fingerprint density at radius 3 is 2.57 bits per heavy atom. The van der Waals surface area contributed by atoms with Gasteiger partial charge in [-0.25, -0.2) is 0 Å². The Labute approximate surface area is 159 Å². The minimum absolute atomic E-state index is 0. The van der Waals surface area contributed by atoms with Crippen LogP contribution in [-0.4, -0.2) is 49.3 Å². The second-order valence-electron chi connectivity index (χ2n) is 4.75. The molecule has 0 spiro atoms. The number of halogens is 1. The van der Waals surface area contributed by atoms with Crippen LogP contribution in [0.15, 0.2) is 35.3 Å². The number of ether oxygens (including phenoxy) is 1. The summed E-state index contributed by atoms with van der Waals surface area (Å²) >= 11 is 0. The van der Waals surface area contributed by atoms with Crippen molar-refractivity contribution in [1.29, 1.82) is 0 Å². The first-order valence-electron chi connectivity index (χ1n) is 7.67. The maximum absolute atomic E-state index is 12.0. The highest BCUT2D eigenvalue weighted by molar-refractivity contribution is 14.0. The first kappa shape index (κ1) is 22.3. The number of nitrogens with one attached hydrogen (secondary N) is 2. The van der Waals surface area contributed by atoms with E-state index in [1.165, 1.54) is 0 Å². The average molecular weight is 453 g/mol. The van der Waals surface area contributed by atoms with E-state index in [-0.39, 0.29) is 24.0 Å². The molecule has 0 heterocycles. The molecule has 0 amide bonds. The molecule has 0 aliphatic carbocycles. The maximum atomic E-state index is 12.0. The number of guanidine groups is 1. The van der Waals surface area contributed by atoms with E-state index in [0.717, 1.165) is 37.7 Å².